The fourth-order valence-electron chi connectivity index (χ4n) is 2.31. The molecular weight excluding hydrogens is 174 g/mol. The number of hydrogen-bond acceptors (Lipinski definition) is 2. The predicted molar refractivity (Wildman–Crippen MR) is 59.3 cm³/mol. The highest BCUT2D eigenvalue weighted by atomic mass is 16.1. The molecule has 2 nitrogen and oxygen atoms in total. The largest absolute Gasteiger partial charge is 0.316 e. The van der Waals surface area contributed by atoms with Gasteiger partial charge >= 0.3 is 0 Å². The van der Waals surface area contributed by atoms with Crippen molar-refractivity contribution >= 4 is 5.78 Å². The molecule has 0 spiro atoms. The van der Waals surface area contributed by atoms with E-state index in [1.807, 2.05) is 6.08 Å². The van der Waals surface area contributed by atoms with E-state index in [1.54, 1.807) is 0 Å². The molecule has 80 valence electrons. The van der Waals surface area contributed by atoms with Crippen molar-refractivity contribution in [2.24, 2.45) is 5.41 Å². The molecule has 0 aliphatic carbocycles. The average molecular weight is 195 g/mol. The Morgan fingerprint density at radius 3 is 2.93 bits per heavy atom. The molecule has 14 heavy (non-hydrogen) atoms. The maximum absolute atomic E-state index is 12.0. The molecule has 1 N–H and O–H groups in total. The first-order chi connectivity index (χ1) is 6.75. The summed E-state index contributed by atoms with van der Waals surface area (Å²) in [5.74, 6) is 0.434. The minimum absolute atomic E-state index is 0.0439. The number of ketones is 1. The zero-order chi connectivity index (χ0) is 10.4. The topological polar surface area (TPSA) is 29.1 Å². The van der Waals surface area contributed by atoms with Crippen LogP contribution in [0.15, 0.2) is 12.7 Å². The zero-order valence-electron chi connectivity index (χ0n) is 9.14. The summed E-state index contributed by atoms with van der Waals surface area (Å²) in [7, 11) is 0. The molecule has 1 aliphatic rings. The molecule has 1 fully saturated rings. The van der Waals surface area contributed by atoms with E-state index in [0.29, 0.717) is 12.2 Å². The molecule has 0 aromatic heterocycles. The number of Topliss-reactive ketones (excluding diaryl/α,β-unsaturated/α-hetero) is 1. The van der Waals surface area contributed by atoms with Gasteiger partial charge in [-0.15, -0.1) is 6.58 Å². The Morgan fingerprint density at radius 1 is 1.64 bits per heavy atom. The van der Waals surface area contributed by atoms with Gasteiger partial charge < -0.3 is 5.32 Å². The first-order valence-electron chi connectivity index (χ1n) is 5.60. The number of allylic oxidation sites excluding steroid dienone is 1. The van der Waals surface area contributed by atoms with E-state index in [0.717, 1.165) is 38.8 Å². The normalized spacial score (nSPS) is 26.4. The number of hydrogen-bond donors (Lipinski definition) is 1. The van der Waals surface area contributed by atoms with Crippen molar-refractivity contribution in [2.75, 3.05) is 13.1 Å². The molecule has 0 aromatic rings. The molecule has 1 unspecified atom stereocenters. The summed E-state index contributed by atoms with van der Waals surface area (Å²) in [5.41, 5.74) is -0.0439. The van der Waals surface area contributed by atoms with Crippen LogP contribution in [0.3, 0.4) is 0 Å². The van der Waals surface area contributed by atoms with E-state index in [-0.39, 0.29) is 5.41 Å². The van der Waals surface area contributed by atoms with Gasteiger partial charge in [0.2, 0.25) is 0 Å². The first kappa shape index (κ1) is 11.4. The van der Waals surface area contributed by atoms with Crippen molar-refractivity contribution < 1.29 is 4.79 Å². The molecule has 0 saturated carbocycles. The second-order valence-electron chi connectivity index (χ2n) is 4.21. The van der Waals surface area contributed by atoms with Crippen molar-refractivity contribution in [1.29, 1.82) is 0 Å². The number of carbonyl (C=O) groups is 1. The highest BCUT2D eigenvalue weighted by molar-refractivity contribution is 5.85. The van der Waals surface area contributed by atoms with E-state index in [1.165, 1.54) is 0 Å². The Balaban J connectivity index is 2.56. The number of rotatable bonds is 6. The van der Waals surface area contributed by atoms with Crippen LogP contribution in [0.2, 0.25) is 0 Å². The third-order valence-electron chi connectivity index (χ3n) is 3.14. The van der Waals surface area contributed by atoms with Gasteiger partial charge in [0.05, 0.1) is 0 Å². The number of carbonyl (C=O) groups excluding carboxylic acids is 1. The van der Waals surface area contributed by atoms with Crippen molar-refractivity contribution in [3.8, 4) is 0 Å². The summed E-state index contributed by atoms with van der Waals surface area (Å²) < 4.78 is 0. The lowest BCUT2D eigenvalue weighted by Crippen LogP contribution is -2.33. The Hall–Kier alpha value is -0.630. The van der Waals surface area contributed by atoms with E-state index in [9.17, 15) is 4.79 Å². The maximum Gasteiger partial charge on any atom is 0.140 e. The Bertz CT molecular complexity index is 204. The molecule has 0 bridgehead atoms. The van der Waals surface area contributed by atoms with Gasteiger partial charge in [0.1, 0.15) is 5.78 Å². The smallest absolute Gasteiger partial charge is 0.140 e. The zero-order valence-corrected chi connectivity index (χ0v) is 9.14. The standard InChI is InChI=1S/C12H21NO/c1-3-5-6-11(14)12(7-4-2)8-9-13-10-12/h3,13H,1,4-10H2,2H3. The quantitative estimate of drug-likeness (QED) is 0.659. The highest BCUT2D eigenvalue weighted by Gasteiger charge is 2.38. The molecule has 1 aliphatic heterocycles. The lowest BCUT2D eigenvalue weighted by atomic mass is 9.77. The minimum atomic E-state index is -0.0439. The van der Waals surface area contributed by atoms with Crippen LogP contribution in [0.1, 0.15) is 39.0 Å². The van der Waals surface area contributed by atoms with Crippen molar-refractivity contribution in [2.45, 2.75) is 39.0 Å². The first-order valence-corrected chi connectivity index (χ1v) is 5.60. The van der Waals surface area contributed by atoms with Crippen LogP contribution in [-0.2, 0) is 4.79 Å². The van der Waals surface area contributed by atoms with Crippen LogP contribution in [0, 0.1) is 5.41 Å². The summed E-state index contributed by atoms with van der Waals surface area (Å²) in [6.07, 6.45) is 6.49. The van der Waals surface area contributed by atoms with Gasteiger partial charge in [-0.1, -0.05) is 19.4 Å². The minimum Gasteiger partial charge on any atom is -0.316 e. The van der Waals surface area contributed by atoms with Crippen molar-refractivity contribution in [1.82, 2.24) is 5.32 Å². The van der Waals surface area contributed by atoms with Crippen molar-refractivity contribution in [3.05, 3.63) is 12.7 Å². The maximum atomic E-state index is 12.0. The molecule has 0 aromatic carbocycles. The highest BCUT2D eigenvalue weighted by Crippen LogP contribution is 2.33. The van der Waals surface area contributed by atoms with Gasteiger partial charge in [0.15, 0.2) is 0 Å². The average Bonchev–Trinajstić information content (AvgIpc) is 2.64. The van der Waals surface area contributed by atoms with Crippen LogP contribution in [-0.4, -0.2) is 18.9 Å². The fourth-order valence-corrected chi connectivity index (χ4v) is 2.31. The van der Waals surface area contributed by atoms with Crippen LogP contribution < -0.4 is 5.32 Å². The van der Waals surface area contributed by atoms with Crippen molar-refractivity contribution in [3.63, 3.8) is 0 Å². The third-order valence-corrected chi connectivity index (χ3v) is 3.14. The second kappa shape index (κ2) is 5.30. The van der Waals surface area contributed by atoms with Crippen LogP contribution in [0.4, 0.5) is 0 Å². The van der Waals surface area contributed by atoms with Crippen LogP contribution in [0.25, 0.3) is 0 Å². The summed E-state index contributed by atoms with van der Waals surface area (Å²) in [5, 5.41) is 3.31. The Labute approximate surface area is 86.8 Å². The Morgan fingerprint density at radius 2 is 2.43 bits per heavy atom. The second-order valence-corrected chi connectivity index (χ2v) is 4.21. The number of nitrogens with one attached hydrogen (secondary N) is 1. The summed E-state index contributed by atoms with van der Waals surface area (Å²) in [6.45, 7) is 7.70. The van der Waals surface area contributed by atoms with Crippen LogP contribution >= 0.6 is 0 Å². The molecule has 2 heteroatoms. The van der Waals surface area contributed by atoms with E-state index in [4.69, 9.17) is 0 Å². The molecule has 1 rings (SSSR count). The molecule has 1 atom stereocenters. The van der Waals surface area contributed by atoms with Gasteiger partial charge in [0.25, 0.3) is 0 Å². The third kappa shape index (κ3) is 2.44. The van der Waals surface area contributed by atoms with Gasteiger partial charge in [-0.05, 0) is 25.8 Å². The van der Waals surface area contributed by atoms with Gasteiger partial charge in [-0.3, -0.25) is 4.79 Å². The summed E-state index contributed by atoms with van der Waals surface area (Å²) in [6, 6.07) is 0. The fraction of sp³-hybridized carbons (Fsp3) is 0.750. The Kier molecular flexibility index (Phi) is 4.33. The lowest BCUT2D eigenvalue weighted by molar-refractivity contribution is -0.128. The van der Waals surface area contributed by atoms with Gasteiger partial charge in [-0.25, -0.2) is 0 Å². The predicted octanol–water partition coefficient (Wildman–Crippen LogP) is 2.30. The summed E-state index contributed by atoms with van der Waals surface area (Å²) in [4.78, 5) is 12.0. The van der Waals surface area contributed by atoms with Crippen LogP contribution in [0.5, 0.6) is 0 Å². The molecule has 0 amide bonds. The molecule has 1 heterocycles. The molecule has 0 radical (unpaired) electrons. The van der Waals surface area contributed by atoms with Gasteiger partial charge in [0, 0.05) is 18.4 Å². The molecule has 1 saturated heterocycles. The van der Waals surface area contributed by atoms with E-state index >= 15 is 0 Å². The van der Waals surface area contributed by atoms with E-state index < -0.39 is 0 Å². The van der Waals surface area contributed by atoms with Gasteiger partial charge in [-0.2, -0.15) is 0 Å². The van der Waals surface area contributed by atoms with E-state index in [2.05, 4.69) is 18.8 Å². The summed E-state index contributed by atoms with van der Waals surface area (Å²) >= 11 is 0. The molecular formula is C12H21NO. The monoisotopic (exact) mass is 195 g/mol. The lowest BCUT2D eigenvalue weighted by Gasteiger charge is -2.25. The SMILES string of the molecule is C=CCCC(=O)C1(CCC)CCNC1.